The number of carboxylic acids is 1. The SMILES string of the molecule is COc1nc(-c2cccc(-c3cccc(Nc4nccc5sc(CN[C@H]6CC[C@H](C(=O)O)CC6)nc45)c3Cl)c2Cl)cc(C)c1CNCC1CCC(=O)N1. The number of hydrogen-bond acceptors (Lipinski definition) is 10. The number of carbonyl (C=O) groups excluding carboxylic acids is 1. The molecule has 5 aromatic rings. The molecule has 5 N–H and O–H groups in total. The second-order valence-electron chi connectivity index (χ2n) is 13.6. The van der Waals surface area contributed by atoms with Crippen molar-refractivity contribution in [2.24, 2.45) is 5.92 Å². The summed E-state index contributed by atoms with van der Waals surface area (Å²) in [6.45, 7) is 3.85. The van der Waals surface area contributed by atoms with Gasteiger partial charge in [0.25, 0.3) is 0 Å². The van der Waals surface area contributed by atoms with Gasteiger partial charge in [-0.2, -0.15) is 0 Å². The molecule has 3 aromatic heterocycles. The van der Waals surface area contributed by atoms with E-state index in [0.717, 1.165) is 62.3 Å². The van der Waals surface area contributed by atoms with Crippen LogP contribution in [0.5, 0.6) is 5.88 Å². The Bertz CT molecular complexity index is 2150. The van der Waals surface area contributed by atoms with Gasteiger partial charge < -0.3 is 31.1 Å². The fourth-order valence-electron chi connectivity index (χ4n) is 7.14. The quantitative estimate of drug-likeness (QED) is 0.0800. The summed E-state index contributed by atoms with van der Waals surface area (Å²) in [6.07, 6.45) is 6.23. The number of nitrogens with zero attached hydrogens (tertiary/aromatic N) is 3. The van der Waals surface area contributed by atoms with Gasteiger partial charge in [-0.15, -0.1) is 11.3 Å². The highest BCUT2D eigenvalue weighted by molar-refractivity contribution is 7.18. The molecule has 1 saturated carbocycles. The highest BCUT2D eigenvalue weighted by Gasteiger charge is 2.26. The fraction of sp³-hybridized carbons (Fsp3) is 0.359. The molecule has 1 atom stereocenters. The number of carboxylic acid groups (broad SMARTS) is 1. The standard InChI is InChI=1S/C39H41Cl2N7O4S/c1-21-17-30(47-38(52-2)28(21)19-42-18-24-13-14-32(49)45-24)27-7-3-5-25(34(27)40)26-6-4-8-29(35(26)41)46-37-36-31(15-16-43-37)53-33(48-36)20-44-23-11-9-22(10-12-23)39(50)51/h3-8,15-17,22-24,42,44H,9-14,18-20H2,1-2H3,(H,43,46)(H,45,49)(H,50,51)/t22-,23-,24?. The molecule has 2 fully saturated rings. The maximum atomic E-state index is 11.6. The Morgan fingerprint density at radius 2 is 1.75 bits per heavy atom. The molecule has 1 amide bonds. The Morgan fingerprint density at radius 1 is 1.00 bits per heavy atom. The van der Waals surface area contributed by atoms with E-state index in [0.29, 0.717) is 72.0 Å². The minimum Gasteiger partial charge on any atom is -0.481 e. The van der Waals surface area contributed by atoms with Crippen molar-refractivity contribution in [3.63, 3.8) is 0 Å². The van der Waals surface area contributed by atoms with Crippen LogP contribution in [0.3, 0.4) is 0 Å². The van der Waals surface area contributed by atoms with E-state index in [1.165, 1.54) is 0 Å². The summed E-state index contributed by atoms with van der Waals surface area (Å²) in [7, 11) is 1.61. The van der Waals surface area contributed by atoms with Crippen LogP contribution in [0.1, 0.15) is 54.7 Å². The zero-order valence-corrected chi connectivity index (χ0v) is 31.8. The lowest BCUT2D eigenvalue weighted by molar-refractivity contribution is -0.142. The predicted octanol–water partition coefficient (Wildman–Crippen LogP) is 7.89. The van der Waals surface area contributed by atoms with Gasteiger partial charge in [0.15, 0.2) is 5.82 Å². The van der Waals surface area contributed by atoms with Gasteiger partial charge in [0.1, 0.15) is 10.5 Å². The predicted molar refractivity (Wildman–Crippen MR) is 210 cm³/mol. The summed E-state index contributed by atoms with van der Waals surface area (Å²) in [5, 5.41) is 24.7. The third kappa shape index (κ3) is 8.27. The summed E-state index contributed by atoms with van der Waals surface area (Å²) in [6, 6.07) is 15.9. The first-order chi connectivity index (χ1) is 25.7. The van der Waals surface area contributed by atoms with Gasteiger partial charge >= 0.3 is 5.97 Å². The summed E-state index contributed by atoms with van der Waals surface area (Å²) < 4.78 is 6.73. The van der Waals surface area contributed by atoms with Gasteiger partial charge in [-0.25, -0.2) is 15.0 Å². The van der Waals surface area contributed by atoms with Crippen molar-refractivity contribution in [1.29, 1.82) is 0 Å². The van der Waals surface area contributed by atoms with Crippen LogP contribution in [0.2, 0.25) is 10.0 Å². The Morgan fingerprint density at radius 3 is 2.49 bits per heavy atom. The molecule has 1 unspecified atom stereocenters. The van der Waals surface area contributed by atoms with Gasteiger partial charge in [-0.3, -0.25) is 9.59 Å². The number of methoxy groups -OCH3 is 1. The Kier molecular flexibility index (Phi) is 11.4. The maximum absolute atomic E-state index is 11.6. The number of fused-ring (bicyclic) bond motifs is 1. The van der Waals surface area contributed by atoms with Crippen LogP contribution < -0.4 is 26.0 Å². The van der Waals surface area contributed by atoms with Crippen molar-refractivity contribution >= 4 is 68.1 Å². The first kappa shape index (κ1) is 37.0. The van der Waals surface area contributed by atoms with Crippen LogP contribution in [0.4, 0.5) is 11.5 Å². The molecule has 2 aliphatic rings. The van der Waals surface area contributed by atoms with Crippen molar-refractivity contribution in [2.45, 2.75) is 70.6 Å². The minimum absolute atomic E-state index is 0.0968. The Labute approximate surface area is 321 Å². The third-order valence-corrected chi connectivity index (χ3v) is 11.9. The second kappa shape index (κ2) is 16.4. The number of amides is 1. The molecule has 0 bridgehead atoms. The molecule has 2 aromatic carbocycles. The van der Waals surface area contributed by atoms with E-state index in [9.17, 15) is 14.7 Å². The lowest BCUT2D eigenvalue weighted by Gasteiger charge is -2.26. The van der Waals surface area contributed by atoms with Crippen LogP contribution in [0.15, 0.2) is 54.7 Å². The number of carbonyl (C=O) groups is 2. The van der Waals surface area contributed by atoms with E-state index in [4.69, 9.17) is 37.9 Å². The first-order valence-corrected chi connectivity index (χ1v) is 19.4. The molecule has 11 nitrogen and oxygen atoms in total. The van der Waals surface area contributed by atoms with Gasteiger partial charge in [0.2, 0.25) is 11.8 Å². The first-order valence-electron chi connectivity index (χ1n) is 17.8. The number of halogens is 2. The number of aliphatic carboxylic acids is 1. The third-order valence-electron chi connectivity index (χ3n) is 10.1. The normalized spacial score (nSPS) is 18.6. The van der Waals surface area contributed by atoms with Gasteiger partial charge in [0.05, 0.1) is 39.2 Å². The molecule has 0 spiro atoms. The van der Waals surface area contributed by atoms with Gasteiger partial charge in [-0.05, 0) is 62.8 Å². The summed E-state index contributed by atoms with van der Waals surface area (Å²) in [5.41, 5.74) is 6.31. The fourth-order valence-corrected chi connectivity index (χ4v) is 8.65. The number of rotatable bonds is 13. The summed E-state index contributed by atoms with van der Waals surface area (Å²) in [5.74, 6) is 0.272. The molecule has 4 heterocycles. The monoisotopic (exact) mass is 773 g/mol. The van der Waals surface area contributed by atoms with Gasteiger partial charge in [0, 0.05) is 66.6 Å². The van der Waals surface area contributed by atoms with Crippen LogP contribution in [0, 0.1) is 12.8 Å². The number of aryl methyl sites for hydroxylation is 1. The number of nitrogens with one attached hydrogen (secondary N) is 4. The highest BCUT2D eigenvalue weighted by atomic mass is 35.5. The summed E-state index contributed by atoms with van der Waals surface area (Å²) >= 11 is 15.9. The zero-order valence-electron chi connectivity index (χ0n) is 29.5. The molecule has 7 rings (SSSR count). The molecule has 0 radical (unpaired) electrons. The highest BCUT2D eigenvalue weighted by Crippen LogP contribution is 2.43. The molecule has 1 aliphatic carbocycles. The van der Waals surface area contributed by atoms with Crippen molar-refractivity contribution in [2.75, 3.05) is 19.0 Å². The number of benzene rings is 2. The topological polar surface area (TPSA) is 150 Å². The van der Waals surface area contributed by atoms with E-state index in [1.54, 1.807) is 24.6 Å². The molecular formula is C39H41Cl2N7O4S. The van der Waals surface area contributed by atoms with E-state index in [2.05, 4.69) is 26.3 Å². The van der Waals surface area contributed by atoms with Crippen molar-refractivity contribution in [3.05, 3.63) is 80.9 Å². The molecule has 14 heteroatoms. The smallest absolute Gasteiger partial charge is 0.306 e. The largest absolute Gasteiger partial charge is 0.481 e. The number of pyridine rings is 2. The molecule has 276 valence electrons. The lowest BCUT2D eigenvalue weighted by Crippen LogP contribution is -2.35. The number of ether oxygens (including phenoxy) is 1. The van der Waals surface area contributed by atoms with Crippen LogP contribution in [-0.2, 0) is 22.7 Å². The molecule has 1 saturated heterocycles. The van der Waals surface area contributed by atoms with E-state index in [-0.39, 0.29) is 23.9 Å². The molecule has 53 heavy (non-hydrogen) atoms. The Balaban J connectivity index is 1.08. The van der Waals surface area contributed by atoms with E-state index < -0.39 is 5.97 Å². The van der Waals surface area contributed by atoms with E-state index >= 15 is 0 Å². The number of aromatic nitrogens is 3. The van der Waals surface area contributed by atoms with Crippen LogP contribution >= 0.6 is 34.5 Å². The lowest BCUT2D eigenvalue weighted by atomic mass is 9.86. The van der Waals surface area contributed by atoms with Crippen molar-refractivity contribution < 1.29 is 19.4 Å². The second-order valence-corrected chi connectivity index (χ2v) is 15.5. The van der Waals surface area contributed by atoms with Gasteiger partial charge in [-0.1, -0.05) is 53.5 Å². The zero-order chi connectivity index (χ0) is 37.1. The average molecular weight is 775 g/mol. The molecule has 1 aliphatic heterocycles. The van der Waals surface area contributed by atoms with Crippen molar-refractivity contribution in [3.8, 4) is 28.3 Å². The Hall–Kier alpha value is -4.33. The number of thiazole rings is 1. The number of anilines is 2. The van der Waals surface area contributed by atoms with Crippen molar-refractivity contribution in [1.82, 2.24) is 30.9 Å². The molecular weight excluding hydrogens is 733 g/mol. The maximum Gasteiger partial charge on any atom is 0.306 e. The number of hydrogen-bond donors (Lipinski definition) is 5. The van der Waals surface area contributed by atoms with E-state index in [1.807, 2.05) is 55.5 Å². The summed E-state index contributed by atoms with van der Waals surface area (Å²) in [4.78, 5) is 37.3. The van der Waals surface area contributed by atoms with Crippen LogP contribution in [-0.4, -0.2) is 57.7 Å². The average Bonchev–Trinajstić information content (AvgIpc) is 3.78. The van der Waals surface area contributed by atoms with Crippen LogP contribution in [0.25, 0.3) is 32.6 Å². The minimum atomic E-state index is -0.697.